The van der Waals surface area contributed by atoms with E-state index in [4.69, 9.17) is 16.3 Å². The first-order valence-corrected chi connectivity index (χ1v) is 8.81. The average Bonchev–Trinajstić information content (AvgIpc) is 2.96. The molecule has 0 radical (unpaired) electrons. The van der Waals surface area contributed by atoms with E-state index < -0.39 is 23.6 Å². The number of aryl methyl sites for hydroxylation is 1. The average molecular weight is 379 g/mol. The molecule has 2 atom stereocenters. The SMILES string of the molecule is Cc1cc(Cl)ccc1NC(=O)C1=C(O)[C@@]2(C)CO[C@H](C(C)(C)C)N2C1=O. The van der Waals surface area contributed by atoms with E-state index in [-0.39, 0.29) is 23.4 Å². The lowest BCUT2D eigenvalue weighted by atomic mass is 9.92. The Balaban J connectivity index is 1.93. The summed E-state index contributed by atoms with van der Waals surface area (Å²) in [6, 6.07) is 5.03. The summed E-state index contributed by atoms with van der Waals surface area (Å²) >= 11 is 5.93. The molecule has 2 aliphatic rings. The van der Waals surface area contributed by atoms with E-state index in [1.54, 1.807) is 32.0 Å². The highest BCUT2D eigenvalue weighted by atomic mass is 35.5. The van der Waals surface area contributed by atoms with Gasteiger partial charge in [-0.15, -0.1) is 0 Å². The molecule has 1 aromatic carbocycles. The predicted octanol–water partition coefficient (Wildman–Crippen LogP) is 3.40. The molecule has 1 saturated heterocycles. The first-order valence-electron chi connectivity index (χ1n) is 8.43. The molecule has 0 unspecified atom stereocenters. The number of ether oxygens (including phenoxy) is 1. The highest BCUT2D eigenvalue weighted by Crippen LogP contribution is 2.45. The van der Waals surface area contributed by atoms with Gasteiger partial charge >= 0.3 is 0 Å². The number of nitrogens with one attached hydrogen (secondary N) is 1. The Hall–Kier alpha value is -2.05. The molecule has 2 aliphatic heterocycles. The van der Waals surface area contributed by atoms with Crippen molar-refractivity contribution in [3.8, 4) is 0 Å². The van der Waals surface area contributed by atoms with E-state index in [1.807, 2.05) is 20.8 Å². The van der Waals surface area contributed by atoms with Crippen molar-refractivity contribution >= 4 is 29.1 Å². The lowest BCUT2D eigenvalue weighted by Crippen LogP contribution is -2.50. The van der Waals surface area contributed by atoms with Crippen LogP contribution >= 0.6 is 11.6 Å². The number of amides is 2. The Labute approximate surface area is 157 Å². The summed E-state index contributed by atoms with van der Waals surface area (Å²) in [7, 11) is 0. The molecule has 2 amide bonds. The van der Waals surface area contributed by atoms with Crippen molar-refractivity contribution in [2.24, 2.45) is 5.41 Å². The van der Waals surface area contributed by atoms with Crippen molar-refractivity contribution in [2.75, 3.05) is 11.9 Å². The van der Waals surface area contributed by atoms with Crippen LogP contribution in [0.3, 0.4) is 0 Å². The van der Waals surface area contributed by atoms with Gasteiger partial charge in [-0.2, -0.15) is 0 Å². The van der Waals surface area contributed by atoms with Crippen LogP contribution in [0.5, 0.6) is 0 Å². The normalized spacial score (nSPS) is 25.7. The number of carbonyl (C=O) groups is 2. The van der Waals surface area contributed by atoms with Crippen LogP contribution < -0.4 is 5.32 Å². The number of anilines is 1. The molecule has 26 heavy (non-hydrogen) atoms. The minimum Gasteiger partial charge on any atom is -0.509 e. The Morgan fingerprint density at radius 3 is 2.65 bits per heavy atom. The Morgan fingerprint density at radius 1 is 1.42 bits per heavy atom. The topological polar surface area (TPSA) is 78.9 Å². The molecule has 0 aromatic heterocycles. The van der Waals surface area contributed by atoms with E-state index in [0.717, 1.165) is 5.56 Å². The number of carbonyl (C=O) groups excluding carboxylic acids is 2. The molecule has 0 spiro atoms. The van der Waals surface area contributed by atoms with Crippen molar-refractivity contribution in [3.63, 3.8) is 0 Å². The molecule has 2 heterocycles. The van der Waals surface area contributed by atoms with E-state index in [1.165, 1.54) is 4.90 Å². The molecule has 6 nitrogen and oxygen atoms in total. The lowest BCUT2D eigenvalue weighted by molar-refractivity contribution is -0.140. The second kappa shape index (κ2) is 5.99. The fraction of sp³-hybridized carbons (Fsp3) is 0.474. The van der Waals surface area contributed by atoms with E-state index in [2.05, 4.69) is 5.32 Å². The first-order chi connectivity index (χ1) is 12.0. The highest BCUT2D eigenvalue weighted by molar-refractivity contribution is 6.31. The van der Waals surface area contributed by atoms with E-state index >= 15 is 0 Å². The van der Waals surface area contributed by atoms with Gasteiger partial charge in [-0.1, -0.05) is 32.4 Å². The van der Waals surface area contributed by atoms with Gasteiger partial charge in [0.05, 0.1) is 6.61 Å². The van der Waals surface area contributed by atoms with E-state index in [0.29, 0.717) is 10.7 Å². The second-order valence-electron chi connectivity index (χ2n) is 8.12. The number of fused-ring (bicyclic) bond motifs is 1. The minimum atomic E-state index is -1.03. The zero-order valence-corrected chi connectivity index (χ0v) is 16.3. The van der Waals surface area contributed by atoms with Gasteiger partial charge in [0.1, 0.15) is 23.1 Å². The maximum Gasteiger partial charge on any atom is 0.265 e. The Bertz CT molecular complexity index is 827. The second-order valence-corrected chi connectivity index (χ2v) is 8.55. The number of hydrogen-bond acceptors (Lipinski definition) is 4. The van der Waals surface area contributed by atoms with Gasteiger partial charge in [0.2, 0.25) is 0 Å². The van der Waals surface area contributed by atoms with Gasteiger partial charge in [0.15, 0.2) is 0 Å². The standard InChI is InChI=1S/C19H23ClN2O4/c1-10-8-11(20)6-7-12(10)21-15(24)13-14(23)19(5)9-26-17(18(2,3)4)22(19)16(13)25/h6-8,17,23H,9H2,1-5H3,(H,21,24)/t17-,19-/m1/s1. The van der Waals surface area contributed by atoms with Crippen molar-refractivity contribution < 1.29 is 19.4 Å². The predicted molar refractivity (Wildman–Crippen MR) is 98.9 cm³/mol. The number of benzene rings is 1. The number of nitrogens with zero attached hydrogens (tertiary/aromatic N) is 1. The van der Waals surface area contributed by atoms with Crippen molar-refractivity contribution in [1.82, 2.24) is 4.90 Å². The van der Waals surface area contributed by atoms with Gasteiger partial charge in [0.25, 0.3) is 11.8 Å². The van der Waals surface area contributed by atoms with Crippen LogP contribution in [0.1, 0.15) is 33.3 Å². The molecule has 3 rings (SSSR count). The largest absolute Gasteiger partial charge is 0.509 e. The highest BCUT2D eigenvalue weighted by Gasteiger charge is 2.60. The van der Waals surface area contributed by atoms with Gasteiger partial charge in [-0.05, 0) is 37.6 Å². The minimum absolute atomic E-state index is 0.142. The molecular weight excluding hydrogens is 356 g/mol. The monoisotopic (exact) mass is 378 g/mol. The number of aliphatic hydroxyl groups is 1. The van der Waals surface area contributed by atoms with Crippen molar-refractivity contribution in [3.05, 3.63) is 40.1 Å². The summed E-state index contributed by atoms with van der Waals surface area (Å²) in [5.74, 6) is -1.41. The molecular formula is C19H23ClN2O4. The third-order valence-electron chi connectivity index (χ3n) is 4.87. The van der Waals surface area contributed by atoms with Crippen LogP contribution in [-0.2, 0) is 14.3 Å². The molecule has 140 valence electrons. The molecule has 7 heteroatoms. The third kappa shape index (κ3) is 2.77. The molecule has 0 bridgehead atoms. The van der Waals surface area contributed by atoms with Gasteiger partial charge in [-0.3, -0.25) is 14.5 Å². The molecule has 1 fully saturated rings. The molecule has 0 aliphatic carbocycles. The maximum absolute atomic E-state index is 13.0. The zero-order valence-electron chi connectivity index (χ0n) is 15.5. The smallest absolute Gasteiger partial charge is 0.265 e. The molecule has 1 aromatic rings. The Morgan fingerprint density at radius 2 is 2.08 bits per heavy atom. The van der Waals surface area contributed by atoms with E-state index in [9.17, 15) is 14.7 Å². The van der Waals surface area contributed by atoms with Crippen LogP contribution in [0.25, 0.3) is 0 Å². The quantitative estimate of drug-likeness (QED) is 0.773. The fourth-order valence-corrected chi connectivity index (χ4v) is 3.67. The number of rotatable bonds is 2. The number of halogens is 1. The maximum atomic E-state index is 13.0. The van der Waals surface area contributed by atoms with Gasteiger partial charge < -0.3 is 15.2 Å². The first kappa shape index (κ1) is 18.7. The van der Waals surface area contributed by atoms with Crippen LogP contribution in [0.4, 0.5) is 5.69 Å². The van der Waals surface area contributed by atoms with Gasteiger partial charge in [-0.25, -0.2) is 0 Å². The van der Waals surface area contributed by atoms with Crippen LogP contribution in [-0.4, -0.2) is 40.2 Å². The van der Waals surface area contributed by atoms with Crippen molar-refractivity contribution in [1.29, 1.82) is 0 Å². The summed E-state index contributed by atoms with van der Waals surface area (Å²) < 4.78 is 5.77. The third-order valence-corrected chi connectivity index (χ3v) is 5.11. The molecule has 2 N–H and O–H groups in total. The van der Waals surface area contributed by atoms with Crippen LogP contribution in [0, 0.1) is 12.3 Å². The summed E-state index contributed by atoms with van der Waals surface area (Å²) in [4.78, 5) is 27.2. The van der Waals surface area contributed by atoms with Crippen molar-refractivity contribution in [2.45, 2.75) is 46.4 Å². The number of hydrogen-bond donors (Lipinski definition) is 2. The lowest BCUT2D eigenvalue weighted by Gasteiger charge is -2.36. The zero-order chi connectivity index (χ0) is 19.4. The molecule has 0 saturated carbocycles. The summed E-state index contributed by atoms with van der Waals surface area (Å²) in [6.45, 7) is 9.49. The van der Waals surface area contributed by atoms with Crippen LogP contribution in [0.15, 0.2) is 29.5 Å². The van der Waals surface area contributed by atoms with Gasteiger partial charge in [0, 0.05) is 16.1 Å². The Kier molecular flexibility index (Phi) is 4.32. The van der Waals surface area contributed by atoms with Crippen LogP contribution in [0.2, 0.25) is 5.02 Å². The summed E-state index contributed by atoms with van der Waals surface area (Å²) in [5, 5.41) is 13.9. The summed E-state index contributed by atoms with van der Waals surface area (Å²) in [5.41, 5.74) is -0.324. The number of aliphatic hydroxyl groups excluding tert-OH is 1. The fourth-order valence-electron chi connectivity index (χ4n) is 3.44. The summed E-state index contributed by atoms with van der Waals surface area (Å²) in [6.07, 6.45) is -0.523.